The van der Waals surface area contributed by atoms with Crippen LogP contribution in [0.5, 0.6) is 0 Å². The second-order valence-corrected chi connectivity index (χ2v) is 12.9. The topological polar surface area (TPSA) is 53.3 Å². The predicted molar refractivity (Wildman–Crippen MR) is 102 cm³/mol. The summed E-state index contributed by atoms with van der Waals surface area (Å²) < 4.78 is 12.7. The maximum absolute atomic E-state index is 12.2. The van der Waals surface area contributed by atoms with Crippen molar-refractivity contribution in [3.8, 4) is 0 Å². The second-order valence-electron chi connectivity index (χ2n) is 7.26. The molecule has 0 aliphatic rings. The normalized spacial score (nSPS) is 11.5. The Bertz CT molecular complexity index is 678. The van der Waals surface area contributed by atoms with Crippen molar-refractivity contribution >= 4 is 14.0 Å². The number of carbonyl (C=O) groups excluding carboxylic acids is 1. The van der Waals surface area contributed by atoms with Crippen molar-refractivity contribution in [3.63, 3.8) is 0 Å². The Morgan fingerprint density at radius 1 is 1.20 bits per heavy atom. The van der Waals surface area contributed by atoms with Crippen LogP contribution in [0.1, 0.15) is 28.8 Å². The van der Waals surface area contributed by atoms with Gasteiger partial charge in [-0.1, -0.05) is 50.0 Å². The molecule has 0 amide bonds. The third-order valence-corrected chi connectivity index (χ3v) is 5.44. The van der Waals surface area contributed by atoms with Crippen molar-refractivity contribution in [2.75, 3.05) is 13.2 Å². The number of carbonyl (C=O) groups is 1. The third-order valence-electron chi connectivity index (χ3n) is 3.74. The van der Waals surface area contributed by atoms with Crippen LogP contribution in [0.3, 0.4) is 0 Å². The van der Waals surface area contributed by atoms with Gasteiger partial charge in [-0.3, -0.25) is 0 Å². The van der Waals surface area contributed by atoms with Gasteiger partial charge in [0.05, 0.1) is 12.3 Å². The molecule has 0 atom stereocenters. The molecule has 1 aromatic carbocycles. The summed E-state index contributed by atoms with van der Waals surface area (Å²) >= 11 is 0. The van der Waals surface area contributed by atoms with E-state index in [2.05, 4.69) is 24.6 Å². The van der Waals surface area contributed by atoms with Crippen LogP contribution in [-0.2, 0) is 22.6 Å². The fourth-order valence-corrected chi connectivity index (χ4v) is 3.12. The molecule has 0 radical (unpaired) electrons. The maximum atomic E-state index is 12.2. The lowest BCUT2D eigenvalue weighted by molar-refractivity contribution is 0.0464. The van der Waals surface area contributed by atoms with E-state index in [0.29, 0.717) is 32.2 Å². The smallest absolute Gasteiger partial charge is 0.374 e. The summed E-state index contributed by atoms with van der Waals surface area (Å²) in [5, 5.41) is 0. The zero-order chi connectivity index (χ0) is 18.3. The number of imidazole rings is 1. The number of aromatic nitrogens is 2. The lowest BCUT2D eigenvalue weighted by Gasteiger charge is -2.15. The molecule has 0 unspecified atom stereocenters. The van der Waals surface area contributed by atoms with Crippen LogP contribution in [0.2, 0.25) is 25.7 Å². The lowest BCUT2D eigenvalue weighted by Crippen LogP contribution is -2.22. The van der Waals surface area contributed by atoms with E-state index in [0.717, 1.165) is 17.3 Å². The Labute approximate surface area is 151 Å². The zero-order valence-electron chi connectivity index (χ0n) is 15.6. The molecule has 136 valence electrons. The SMILES string of the molecule is CCOC(=O)c1nc(Cc2ccccc2)cn1COCC[Si](C)(C)C. The molecule has 0 bridgehead atoms. The summed E-state index contributed by atoms with van der Waals surface area (Å²) in [5.41, 5.74) is 1.99. The van der Waals surface area contributed by atoms with E-state index in [9.17, 15) is 4.79 Å². The highest BCUT2D eigenvalue weighted by atomic mass is 28.3. The highest BCUT2D eigenvalue weighted by Gasteiger charge is 2.18. The molecule has 0 spiro atoms. The van der Waals surface area contributed by atoms with Crippen LogP contribution in [0.4, 0.5) is 0 Å². The third kappa shape index (κ3) is 6.47. The Morgan fingerprint density at radius 3 is 2.56 bits per heavy atom. The van der Waals surface area contributed by atoms with Crippen LogP contribution in [0.15, 0.2) is 36.5 Å². The number of ether oxygens (including phenoxy) is 2. The molecule has 2 rings (SSSR count). The van der Waals surface area contributed by atoms with Gasteiger partial charge in [0, 0.05) is 27.3 Å². The Morgan fingerprint density at radius 2 is 1.92 bits per heavy atom. The minimum absolute atomic E-state index is 0.306. The number of hydrogen-bond acceptors (Lipinski definition) is 4. The van der Waals surface area contributed by atoms with Crippen molar-refractivity contribution in [1.82, 2.24) is 9.55 Å². The fraction of sp³-hybridized carbons (Fsp3) is 0.474. The van der Waals surface area contributed by atoms with Crippen LogP contribution < -0.4 is 0 Å². The largest absolute Gasteiger partial charge is 0.460 e. The average Bonchev–Trinajstić information content (AvgIpc) is 2.95. The molecular formula is C19H28N2O3Si. The van der Waals surface area contributed by atoms with Crippen molar-refractivity contribution in [3.05, 3.63) is 53.6 Å². The molecule has 0 fully saturated rings. The zero-order valence-corrected chi connectivity index (χ0v) is 16.6. The van der Waals surface area contributed by atoms with Gasteiger partial charge in [0.1, 0.15) is 6.73 Å². The maximum Gasteiger partial charge on any atom is 0.374 e. The number of esters is 1. The van der Waals surface area contributed by atoms with Crippen LogP contribution >= 0.6 is 0 Å². The first-order chi connectivity index (χ1) is 11.9. The lowest BCUT2D eigenvalue weighted by atomic mass is 10.1. The molecule has 0 aliphatic heterocycles. The van der Waals surface area contributed by atoms with Crippen LogP contribution in [-0.4, -0.2) is 36.8 Å². The number of hydrogen-bond donors (Lipinski definition) is 0. The summed E-state index contributed by atoms with van der Waals surface area (Å²) in [6, 6.07) is 11.2. The fourth-order valence-electron chi connectivity index (χ4n) is 2.36. The first-order valence-electron chi connectivity index (χ1n) is 8.74. The van der Waals surface area contributed by atoms with Gasteiger partial charge >= 0.3 is 5.97 Å². The first kappa shape index (κ1) is 19.4. The summed E-state index contributed by atoms with van der Waals surface area (Å²) in [7, 11) is -1.13. The molecule has 2 aromatic rings. The van der Waals surface area contributed by atoms with Gasteiger partial charge in [0.25, 0.3) is 0 Å². The van der Waals surface area contributed by atoms with E-state index in [-0.39, 0.29) is 0 Å². The van der Waals surface area contributed by atoms with E-state index in [1.807, 2.05) is 36.5 Å². The monoisotopic (exact) mass is 360 g/mol. The van der Waals surface area contributed by atoms with Crippen molar-refractivity contribution in [2.24, 2.45) is 0 Å². The van der Waals surface area contributed by atoms with Crippen LogP contribution in [0, 0.1) is 0 Å². The van der Waals surface area contributed by atoms with Crippen molar-refractivity contribution < 1.29 is 14.3 Å². The molecule has 0 aliphatic carbocycles. The van der Waals surface area contributed by atoms with Gasteiger partial charge in [0.15, 0.2) is 0 Å². The van der Waals surface area contributed by atoms with Crippen molar-refractivity contribution in [1.29, 1.82) is 0 Å². The molecule has 0 N–H and O–H groups in total. The minimum atomic E-state index is -1.13. The number of nitrogens with zero attached hydrogens (tertiary/aromatic N) is 2. The summed E-state index contributed by atoms with van der Waals surface area (Å²) in [4.78, 5) is 16.6. The summed E-state index contributed by atoms with van der Waals surface area (Å²) in [5.74, 6) is -0.101. The van der Waals surface area contributed by atoms with Crippen LogP contribution in [0.25, 0.3) is 0 Å². The van der Waals surface area contributed by atoms with E-state index in [4.69, 9.17) is 9.47 Å². The van der Waals surface area contributed by atoms with E-state index >= 15 is 0 Å². The van der Waals surface area contributed by atoms with E-state index in [1.54, 1.807) is 11.5 Å². The van der Waals surface area contributed by atoms with E-state index < -0.39 is 14.0 Å². The van der Waals surface area contributed by atoms with E-state index in [1.165, 1.54) is 0 Å². The molecule has 6 heteroatoms. The Balaban J connectivity index is 2.08. The second kappa shape index (κ2) is 8.96. The molecule has 1 heterocycles. The van der Waals surface area contributed by atoms with Gasteiger partial charge in [-0.15, -0.1) is 0 Å². The van der Waals surface area contributed by atoms with Gasteiger partial charge in [-0.05, 0) is 18.5 Å². The Hall–Kier alpha value is -1.92. The number of rotatable bonds is 9. The summed E-state index contributed by atoms with van der Waals surface area (Å²) in [6.45, 7) is 10.1. The van der Waals surface area contributed by atoms with Gasteiger partial charge < -0.3 is 14.0 Å². The predicted octanol–water partition coefficient (Wildman–Crippen LogP) is 3.96. The first-order valence-corrected chi connectivity index (χ1v) is 12.4. The Kier molecular flexibility index (Phi) is 6.96. The molecule has 0 saturated heterocycles. The van der Waals surface area contributed by atoms with Gasteiger partial charge in [0.2, 0.25) is 5.82 Å². The van der Waals surface area contributed by atoms with Gasteiger partial charge in [-0.2, -0.15) is 0 Å². The highest BCUT2D eigenvalue weighted by molar-refractivity contribution is 6.76. The quantitative estimate of drug-likeness (QED) is 0.386. The molecule has 5 nitrogen and oxygen atoms in total. The minimum Gasteiger partial charge on any atom is -0.460 e. The molecular weight excluding hydrogens is 332 g/mol. The average molecular weight is 361 g/mol. The van der Waals surface area contributed by atoms with Gasteiger partial charge in [-0.25, -0.2) is 9.78 Å². The summed E-state index contributed by atoms with van der Waals surface area (Å²) in [6.07, 6.45) is 2.56. The molecule has 1 aromatic heterocycles. The molecule has 25 heavy (non-hydrogen) atoms. The van der Waals surface area contributed by atoms with Crippen molar-refractivity contribution in [2.45, 2.75) is 45.8 Å². The standard InChI is InChI=1S/C19H28N2O3Si/c1-5-24-19(22)18-20-17(13-16-9-7-6-8-10-16)14-21(18)15-23-11-12-25(2,3)4/h6-10,14H,5,11-13,15H2,1-4H3. The highest BCUT2D eigenvalue weighted by Crippen LogP contribution is 2.13. The number of benzene rings is 1. The molecule has 0 saturated carbocycles.